The Balaban J connectivity index is 1.51. The van der Waals surface area contributed by atoms with E-state index in [9.17, 15) is 18.0 Å². The molecule has 32 heavy (non-hydrogen) atoms. The summed E-state index contributed by atoms with van der Waals surface area (Å²) in [7, 11) is -4.03. The minimum Gasteiger partial charge on any atom is -0.324 e. The quantitative estimate of drug-likeness (QED) is 0.250. The molecule has 0 fully saturated rings. The third-order valence-corrected chi connectivity index (χ3v) is 7.57. The van der Waals surface area contributed by atoms with Crippen LogP contribution < -0.4 is 26.9 Å². The highest BCUT2D eigenvalue weighted by atomic mass is 35.5. The van der Waals surface area contributed by atoms with Crippen molar-refractivity contribution in [3.63, 3.8) is 0 Å². The molecule has 5 N–H and O–H groups in total. The molecule has 0 radical (unpaired) electrons. The number of carbonyl (C=O) groups is 1. The van der Waals surface area contributed by atoms with Crippen LogP contribution in [0, 0.1) is 0 Å². The highest BCUT2D eigenvalue weighted by Crippen LogP contribution is 2.25. The van der Waals surface area contributed by atoms with Gasteiger partial charge in [-0.2, -0.15) is 0 Å². The predicted molar refractivity (Wildman–Crippen MR) is 126 cm³/mol. The van der Waals surface area contributed by atoms with Crippen LogP contribution in [0.3, 0.4) is 0 Å². The van der Waals surface area contributed by atoms with E-state index in [0.717, 1.165) is 16.7 Å². The third-order valence-electron chi connectivity index (χ3n) is 4.51. The van der Waals surface area contributed by atoms with E-state index in [-0.39, 0.29) is 9.77 Å². The molecule has 0 saturated carbocycles. The van der Waals surface area contributed by atoms with Crippen molar-refractivity contribution < 1.29 is 13.2 Å². The van der Waals surface area contributed by atoms with Gasteiger partial charge in [-0.05, 0) is 66.0 Å². The average Bonchev–Trinajstić information content (AvgIpc) is 3.21. The zero-order valence-electron chi connectivity index (χ0n) is 16.2. The summed E-state index contributed by atoms with van der Waals surface area (Å²) in [6, 6.07) is 15.1. The first kappa shape index (κ1) is 21.8. The maximum Gasteiger partial charge on any atom is 0.333 e. The lowest BCUT2D eigenvalue weighted by atomic mass is 10.1. The summed E-state index contributed by atoms with van der Waals surface area (Å²) in [5.41, 5.74) is 3.93. The SMILES string of the molecule is NNc1ccc2c(=O)n(-c3ccc(NC(=O)NS(=O)(=O)c4ccc(Cl)s4)cc3)ccc2c1. The average molecular weight is 490 g/mol. The number of anilines is 2. The van der Waals surface area contributed by atoms with E-state index in [2.05, 4.69) is 10.7 Å². The molecule has 12 heteroatoms. The minimum atomic E-state index is -4.03. The maximum atomic E-state index is 12.8. The Morgan fingerprint density at radius 3 is 2.38 bits per heavy atom. The second-order valence-electron chi connectivity index (χ2n) is 6.60. The van der Waals surface area contributed by atoms with Gasteiger partial charge in [0.25, 0.3) is 15.6 Å². The highest BCUT2D eigenvalue weighted by molar-refractivity contribution is 7.92. The van der Waals surface area contributed by atoms with Crippen LogP contribution in [0.1, 0.15) is 0 Å². The molecule has 2 heterocycles. The number of rotatable bonds is 5. The van der Waals surface area contributed by atoms with Gasteiger partial charge < -0.3 is 10.7 Å². The van der Waals surface area contributed by atoms with E-state index >= 15 is 0 Å². The Kier molecular flexibility index (Phi) is 5.89. The fraction of sp³-hybridized carbons (Fsp3) is 0. The summed E-state index contributed by atoms with van der Waals surface area (Å²) in [6.45, 7) is 0. The molecule has 9 nitrogen and oxygen atoms in total. The zero-order valence-corrected chi connectivity index (χ0v) is 18.6. The standard InChI is InChI=1S/C20H16ClN5O4S2/c21-17-7-8-18(31-17)32(29,30)25-20(28)23-13-1-4-15(5-2-13)26-10-9-12-11-14(24-22)3-6-16(12)19(26)27/h1-11,24H,22H2,(H2,23,25,28). The topological polar surface area (TPSA) is 135 Å². The Labute approximate surface area is 191 Å². The molecule has 2 amide bonds. The summed E-state index contributed by atoms with van der Waals surface area (Å²) in [5, 5.41) is 3.71. The molecule has 0 aliphatic carbocycles. The second kappa shape index (κ2) is 8.63. The van der Waals surface area contributed by atoms with Crippen molar-refractivity contribution in [1.29, 1.82) is 0 Å². The minimum absolute atomic E-state index is 0.0713. The first-order valence-electron chi connectivity index (χ1n) is 9.08. The molecule has 0 bridgehead atoms. The molecule has 4 rings (SSSR count). The Morgan fingerprint density at radius 1 is 1.00 bits per heavy atom. The van der Waals surface area contributed by atoms with E-state index < -0.39 is 16.1 Å². The van der Waals surface area contributed by atoms with Crippen LogP contribution >= 0.6 is 22.9 Å². The van der Waals surface area contributed by atoms with Gasteiger partial charge in [0.2, 0.25) is 0 Å². The summed E-state index contributed by atoms with van der Waals surface area (Å²) in [4.78, 5) is 25.0. The number of carbonyl (C=O) groups excluding carboxylic acids is 1. The number of pyridine rings is 1. The number of nitrogens with zero attached hydrogens (tertiary/aromatic N) is 1. The lowest BCUT2D eigenvalue weighted by Crippen LogP contribution is -2.33. The maximum absolute atomic E-state index is 12.8. The van der Waals surface area contributed by atoms with Crippen LogP contribution in [0.5, 0.6) is 0 Å². The number of hydrogen-bond donors (Lipinski definition) is 4. The van der Waals surface area contributed by atoms with E-state index in [1.54, 1.807) is 54.7 Å². The van der Waals surface area contributed by atoms with Crippen LogP contribution in [0.25, 0.3) is 16.5 Å². The predicted octanol–water partition coefficient (Wildman–Crippen LogP) is 3.50. The zero-order chi connectivity index (χ0) is 22.9. The summed E-state index contributed by atoms with van der Waals surface area (Å²) in [5.74, 6) is 5.41. The van der Waals surface area contributed by atoms with Crippen molar-refractivity contribution in [3.8, 4) is 5.69 Å². The summed E-state index contributed by atoms with van der Waals surface area (Å²) >= 11 is 6.59. The van der Waals surface area contributed by atoms with Crippen molar-refractivity contribution in [1.82, 2.24) is 9.29 Å². The number of urea groups is 1. The van der Waals surface area contributed by atoms with Crippen molar-refractivity contribution in [2.75, 3.05) is 10.7 Å². The molecule has 164 valence electrons. The number of aromatic nitrogens is 1. The largest absolute Gasteiger partial charge is 0.333 e. The second-order valence-corrected chi connectivity index (χ2v) is 10.2. The molecule has 2 aromatic carbocycles. The number of hydrogen-bond acceptors (Lipinski definition) is 7. The number of benzene rings is 2. The van der Waals surface area contributed by atoms with Crippen LogP contribution in [-0.2, 0) is 10.0 Å². The number of fused-ring (bicyclic) bond motifs is 1. The smallest absolute Gasteiger partial charge is 0.324 e. The van der Waals surface area contributed by atoms with Crippen molar-refractivity contribution in [3.05, 3.63) is 81.6 Å². The van der Waals surface area contributed by atoms with Crippen LogP contribution in [-0.4, -0.2) is 19.0 Å². The number of halogens is 1. The fourth-order valence-corrected chi connectivity index (χ4v) is 5.41. The first-order valence-corrected chi connectivity index (χ1v) is 11.8. The van der Waals surface area contributed by atoms with Gasteiger partial charge in [0.1, 0.15) is 4.21 Å². The Hall–Kier alpha value is -3.38. The van der Waals surface area contributed by atoms with Gasteiger partial charge in [0, 0.05) is 28.6 Å². The molecule has 0 aliphatic rings. The van der Waals surface area contributed by atoms with Gasteiger partial charge >= 0.3 is 6.03 Å². The number of amides is 2. The Bertz CT molecular complexity index is 1480. The fourth-order valence-electron chi connectivity index (χ4n) is 3.02. The molecule has 2 aromatic heterocycles. The Morgan fingerprint density at radius 2 is 1.72 bits per heavy atom. The van der Waals surface area contributed by atoms with Gasteiger partial charge in [0.05, 0.1) is 4.34 Å². The molecule has 0 spiro atoms. The molecule has 0 saturated heterocycles. The molecule has 4 aromatic rings. The van der Waals surface area contributed by atoms with Crippen LogP contribution in [0.15, 0.2) is 75.9 Å². The number of nitrogens with two attached hydrogens (primary N) is 1. The van der Waals surface area contributed by atoms with Crippen LogP contribution in [0.4, 0.5) is 16.2 Å². The van der Waals surface area contributed by atoms with Crippen molar-refractivity contribution in [2.24, 2.45) is 5.84 Å². The molecule has 0 unspecified atom stereocenters. The summed E-state index contributed by atoms with van der Waals surface area (Å²) in [6.07, 6.45) is 1.64. The van der Waals surface area contributed by atoms with E-state index in [1.165, 1.54) is 16.7 Å². The van der Waals surface area contributed by atoms with Crippen molar-refractivity contribution >= 4 is 61.1 Å². The normalized spacial score (nSPS) is 11.3. The lowest BCUT2D eigenvalue weighted by Gasteiger charge is -2.10. The third kappa shape index (κ3) is 4.46. The van der Waals surface area contributed by atoms with Crippen molar-refractivity contribution in [2.45, 2.75) is 4.21 Å². The number of sulfonamides is 1. The molecule has 0 aliphatic heterocycles. The van der Waals surface area contributed by atoms with Gasteiger partial charge in [-0.1, -0.05) is 11.6 Å². The van der Waals surface area contributed by atoms with Gasteiger partial charge in [0.15, 0.2) is 0 Å². The van der Waals surface area contributed by atoms with Crippen LogP contribution in [0.2, 0.25) is 4.34 Å². The number of hydrazine groups is 1. The van der Waals surface area contributed by atoms with Gasteiger partial charge in [-0.3, -0.25) is 15.2 Å². The lowest BCUT2D eigenvalue weighted by molar-refractivity contribution is 0.256. The monoisotopic (exact) mass is 489 g/mol. The van der Waals surface area contributed by atoms with E-state index in [4.69, 9.17) is 17.4 Å². The van der Waals surface area contributed by atoms with Gasteiger partial charge in [-0.25, -0.2) is 17.9 Å². The first-order chi connectivity index (χ1) is 15.3. The van der Waals surface area contributed by atoms with E-state index in [1.807, 2.05) is 4.72 Å². The molecular weight excluding hydrogens is 474 g/mol. The van der Waals surface area contributed by atoms with Gasteiger partial charge in [-0.15, -0.1) is 11.3 Å². The molecule has 0 atom stereocenters. The number of thiophene rings is 1. The number of nitrogens with one attached hydrogen (secondary N) is 3. The molecular formula is C20H16ClN5O4S2. The number of nitrogen functional groups attached to an aromatic ring is 1. The van der Waals surface area contributed by atoms with E-state index in [0.29, 0.717) is 26.8 Å². The highest BCUT2D eigenvalue weighted by Gasteiger charge is 2.19. The summed E-state index contributed by atoms with van der Waals surface area (Å²) < 4.78 is 28.0.